The Kier molecular flexibility index (Phi) is 4.64. The van der Waals surface area contributed by atoms with Crippen LogP contribution in [0.25, 0.3) is 0 Å². The summed E-state index contributed by atoms with van der Waals surface area (Å²) < 4.78 is 1.88. The molecule has 0 atom stereocenters. The van der Waals surface area contributed by atoms with Crippen LogP contribution in [0.1, 0.15) is 11.3 Å². The highest BCUT2D eigenvalue weighted by molar-refractivity contribution is 6.42. The minimum absolute atomic E-state index is 0.600. The predicted octanol–water partition coefficient (Wildman–Crippen LogP) is 3.06. The van der Waals surface area contributed by atoms with E-state index in [0.717, 1.165) is 25.1 Å². The van der Waals surface area contributed by atoms with Crippen LogP contribution >= 0.6 is 23.2 Å². The number of hydrogen-bond donors (Lipinski definition) is 1. The number of rotatable bonds is 5. The molecular weight excluding hydrogens is 269 g/mol. The van der Waals surface area contributed by atoms with Gasteiger partial charge in [-0.25, -0.2) is 0 Å². The van der Waals surface area contributed by atoms with Crippen molar-refractivity contribution in [2.75, 3.05) is 6.54 Å². The summed E-state index contributed by atoms with van der Waals surface area (Å²) in [7, 11) is 1.95. The molecule has 0 saturated carbocycles. The molecule has 0 amide bonds. The first-order valence-corrected chi connectivity index (χ1v) is 6.54. The lowest BCUT2D eigenvalue weighted by atomic mass is 10.2. The third kappa shape index (κ3) is 3.25. The quantitative estimate of drug-likeness (QED) is 0.855. The van der Waals surface area contributed by atoms with Gasteiger partial charge in [-0.1, -0.05) is 35.3 Å². The molecule has 0 aliphatic rings. The Bertz CT molecular complexity index is 523. The van der Waals surface area contributed by atoms with E-state index in [0.29, 0.717) is 10.0 Å². The lowest BCUT2D eigenvalue weighted by Crippen LogP contribution is -2.18. The van der Waals surface area contributed by atoms with Crippen LogP contribution in [-0.4, -0.2) is 16.3 Å². The second-order valence-corrected chi connectivity index (χ2v) is 4.87. The SMILES string of the molecule is Cn1nccc1CCNCc1cccc(Cl)c1Cl. The van der Waals surface area contributed by atoms with Gasteiger partial charge in [0.15, 0.2) is 0 Å². The van der Waals surface area contributed by atoms with Crippen molar-refractivity contribution in [3.8, 4) is 0 Å². The molecular formula is C13H15Cl2N3. The van der Waals surface area contributed by atoms with Crippen molar-refractivity contribution in [1.29, 1.82) is 0 Å². The summed E-state index contributed by atoms with van der Waals surface area (Å²) in [6, 6.07) is 7.70. The summed E-state index contributed by atoms with van der Waals surface area (Å²) in [6.45, 7) is 1.60. The summed E-state index contributed by atoms with van der Waals surface area (Å²) >= 11 is 12.1. The molecule has 0 aliphatic carbocycles. The zero-order valence-corrected chi connectivity index (χ0v) is 11.7. The zero-order chi connectivity index (χ0) is 13.0. The first-order chi connectivity index (χ1) is 8.68. The smallest absolute Gasteiger partial charge is 0.0637 e. The number of aromatic nitrogens is 2. The molecule has 0 bridgehead atoms. The van der Waals surface area contributed by atoms with E-state index in [2.05, 4.69) is 10.4 Å². The van der Waals surface area contributed by atoms with Crippen molar-refractivity contribution in [2.45, 2.75) is 13.0 Å². The largest absolute Gasteiger partial charge is 0.312 e. The van der Waals surface area contributed by atoms with Gasteiger partial charge in [-0.2, -0.15) is 5.10 Å². The summed E-state index contributed by atoms with van der Waals surface area (Å²) in [5, 5.41) is 8.71. The number of benzene rings is 1. The van der Waals surface area contributed by atoms with Gasteiger partial charge in [0.1, 0.15) is 0 Å². The van der Waals surface area contributed by atoms with Crippen LogP contribution < -0.4 is 5.32 Å². The minimum Gasteiger partial charge on any atom is -0.312 e. The summed E-state index contributed by atoms with van der Waals surface area (Å²) in [4.78, 5) is 0. The van der Waals surface area contributed by atoms with Crippen molar-refractivity contribution in [2.24, 2.45) is 7.05 Å². The van der Waals surface area contributed by atoms with Gasteiger partial charge < -0.3 is 5.32 Å². The zero-order valence-electron chi connectivity index (χ0n) is 10.2. The highest BCUT2D eigenvalue weighted by atomic mass is 35.5. The maximum Gasteiger partial charge on any atom is 0.0637 e. The molecule has 5 heteroatoms. The van der Waals surface area contributed by atoms with Crippen LogP contribution in [0.3, 0.4) is 0 Å². The Morgan fingerprint density at radius 3 is 2.83 bits per heavy atom. The van der Waals surface area contributed by atoms with E-state index >= 15 is 0 Å². The molecule has 0 radical (unpaired) electrons. The Balaban J connectivity index is 1.82. The number of aryl methyl sites for hydroxylation is 1. The predicted molar refractivity (Wildman–Crippen MR) is 75.1 cm³/mol. The molecule has 0 spiro atoms. The van der Waals surface area contributed by atoms with Crippen LogP contribution in [-0.2, 0) is 20.0 Å². The van der Waals surface area contributed by atoms with Gasteiger partial charge in [0.05, 0.1) is 10.0 Å². The molecule has 0 aliphatic heterocycles. The van der Waals surface area contributed by atoms with Gasteiger partial charge in [0.2, 0.25) is 0 Å². The van der Waals surface area contributed by atoms with E-state index in [4.69, 9.17) is 23.2 Å². The molecule has 96 valence electrons. The molecule has 1 N–H and O–H groups in total. The van der Waals surface area contributed by atoms with Crippen LogP contribution in [0.2, 0.25) is 10.0 Å². The van der Waals surface area contributed by atoms with Crippen molar-refractivity contribution in [1.82, 2.24) is 15.1 Å². The van der Waals surface area contributed by atoms with E-state index in [9.17, 15) is 0 Å². The molecule has 3 nitrogen and oxygen atoms in total. The van der Waals surface area contributed by atoms with Crippen molar-refractivity contribution in [3.05, 3.63) is 51.8 Å². The number of halogens is 2. The van der Waals surface area contributed by atoms with E-state index in [1.807, 2.05) is 36.1 Å². The average molecular weight is 284 g/mol. The Hall–Kier alpha value is -1.03. The molecule has 2 aromatic rings. The fraction of sp³-hybridized carbons (Fsp3) is 0.308. The first kappa shape index (κ1) is 13.4. The standard InChI is InChI=1S/C13H15Cl2N3/c1-18-11(6-8-17-18)5-7-16-9-10-3-2-4-12(14)13(10)15/h2-4,6,8,16H,5,7,9H2,1H3. The average Bonchev–Trinajstić information content (AvgIpc) is 2.76. The number of nitrogens with zero attached hydrogens (tertiary/aromatic N) is 2. The summed E-state index contributed by atoms with van der Waals surface area (Å²) in [5.41, 5.74) is 2.23. The molecule has 0 fully saturated rings. The van der Waals surface area contributed by atoms with Gasteiger partial charge in [-0.3, -0.25) is 4.68 Å². The first-order valence-electron chi connectivity index (χ1n) is 5.79. The maximum atomic E-state index is 6.11. The normalized spacial score (nSPS) is 10.8. The lowest BCUT2D eigenvalue weighted by molar-refractivity contribution is 0.643. The monoisotopic (exact) mass is 283 g/mol. The van der Waals surface area contributed by atoms with Gasteiger partial charge in [-0.05, 0) is 17.7 Å². The molecule has 2 rings (SSSR count). The second-order valence-electron chi connectivity index (χ2n) is 4.09. The van der Waals surface area contributed by atoms with Crippen molar-refractivity contribution < 1.29 is 0 Å². The third-order valence-electron chi connectivity index (χ3n) is 2.83. The van der Waals surface area contributed by atoms with Gasteiger partial charge in [-0.15, -0.1) is 0 Å². The lowest BCUT2D eigenvalue weighted by Gasteiger charge is -2.08. The molecule has 0 saturated heterocycles. The number of nitrogens with one attached hydrogen (secondary N) is 1. The Labute approximate surface area is 117 Å². The van der Waals surface area contributed by atoms with Crippen molar-refractivity contribution >= 4 is 23.2 Å². The molecule has 0 unspecified atom stereocenters. The second kappa shape index (κ2) is 6.23. The van der Waals surface area contributed by atoms with Gasteiger partial charge in [0, 0.05) is 38.4 Å². The van der Waals surface area contributed by atoms with Crippen LogP contribution in [0.15, 0.2) is 30.5 Å². The molecule has 1 aromatic carbocycles. The van der Waals surface area contributed by atoms with Crippen LogP contribution in [0.5, 0.6) is 0 Å². The van der Waals surface area contributed by atoms with E-state index in [1.165, 1.54) is 5.69 Å². The fourth-order valence-electron chi connectivity index (χ4n) is 1.77. The Morgan fingerprint density at radius 2 is 2.11 bits per heavy atom. The fourth-order valence-corrected chi connectivity index (χ4v) is 2.16. The van der Waals surface area contributed by atoms with Crippen molar-refractivity contribution in [3.63, 3.8) is 0 Å². The maximum absolute atomic E-state index is 6.11. The topological polar surface area (TPSA) is 29.9 Å². The Morgan fingerprint density at radius 1 is 1.28 bits per heavy atom. The van der Waals surface area contributed by atoms with Gasteiger partial charge >= 0.3 is 0 Å². The highest BCUT2D eigenvalue weighted by Crippen LogP contribution is 2.25. The van der Waals surface area contributed by atoms with Crippen LogP contribution in [0.4, 0.5) is 0 Å². The van der Waals surface area contributed by atoms with E-state index < -0.39 is 0 Å². The van der Waals surface area contributed by atoms with E-state index in [-0.39, 0.29) is 0 Å². The molecule has 1 aromatic heterocycles. The number of hydrogen-bond acceptors (Lipinski definition) is 2. The van der Waals surface area contributed by atoms with Crippen LogP contribution in [0, 0.1) is 0 Å². The summed E-state index contributed by atoms with van der Waals surface area (Å²) in [6.07, 6.45) is 2.75. The highest BCUT2D eigenvalue weighted by Gasteiger charge is 2.04. The van der Waals surface area contributed by atoms with E-state index in [1.54, 1.807) is 6.07 Å². The minimum atomic E-state index is 0.600. The molecule has 18 heavy (non-hydrogen) atoms. The summed E-state index contributed by atoms with van der Waals surface area (Å²) in [5.74, 6) is 0. The van der Waals surface area contributed by atoms with Gasteiger partial charge in [0.25, 0.3) is 0 Å². The third-order valence-corrected chi connectivity index (χ3v) is 3.69. The molecule has 1 heterocycles.